The summed E-state index contributed by atoms with van der Waals surface area (Å²) in [7, 11) is 0. The van der Waals surface area contributed by atoms with Gasteiger partial charge in [0, 0.05) is 23.9 Å². The molecule has 1 amide bonds. The zero-order valence-electron chi connectivity index (χ0n) is 14.9. The molecule has 132 valence electrons. The number of aromatic nitrogens is 1. The monoisotopic (exact) mass is 346 g/mol. The zero-order chi connectivity index (χ0) is 18.5. The van der Waals surface area contributed by atoms with Crippen molar-refractivity contribution in [2.24, 2.45) is 0 Å². The topological polar surface area (TPSA) is 62.2 Å². The number of pyridine rings is 1. The van der Waals surface area contributed by atoms with Gasteiger partial charge in [0.2, 0.25) is 0 Å². The molecule has 4 nitrogen and oxygen atoms in total. The lowest BCUT2D eigenvalue weighted by Crippen LogP contribution is -2.29. The summed E-state index contributed by atoms with van der Waals surface area (Å²) in [6.45, 7) is 4.05. The van der Waals surface area contributed by atoms with Crippen LogP contribution in [-0.2, 0) is 0 Å². The standard InChI is InChI=1S/C22H22N2O2/c1-15-7-5-8-17(13-15)21(25)14-24-22(26)19-10-6-9-18(16(19)2)20-11-3-4-12-23-20/h3-13,21,25H,14H2,1-2H3,(H,24,26). The number of rotatable bonds is 5. The van der Waals surface area contributed by atoms with Crippen LogP contribution in [0.25, 0.3) is 11.3 Å². The predicted molar refractivity (Wildman–Crippen MR) is 103 cm³/mol. The second kappa shape index (κ2) is 7.93. The second-order valence-electron chi connectivity index (χ2n) is 6.33. The van der Waals surface area contributed by atoms with Gasteiger partial charge >= 0.3 is 0 Å². The maximum Gasteiger partial charge on any atom is 0.251 e. The first kappa shape index (κ1) is 17.8. The van der Waals surface area contributed by atoms with Gasteiger partial charge in [-0.15, -0.1) is 0 Å². The van der Waals surface area contributed by atoms with Crippen molar-refractivity contribution in [1.29, 1.82) is 0 Å². The lowest BCUT2D eigenvalue weighted by atomic mass is 9.99. The smallest absolute Gasteiger partial charge is 0.251 e. The van der Waals surface area contributed by atoms with Crippen LogP contribution in [0.3, 0.4) is 0 Å². The van der Waals surface area contributed by atoms with E-state index in [9.17, 15) is 9.90 Å². The quantitative estimate of drug-likeness (QED) is 0.738. The highest BCUT2D eigenvalue weighted by Crippen LogP contribution is 2.24. The Morgan fingerprint density at radius 1 is 1.08 bits per heavy atom. The molecule has 2 aromatic carbocycles. The van der Waals surface area contributed by atoms with Crippen molar-refractivity contribution in [2.75, 3.05) is 6.54 Å². The van der Waals surface area contributed by atoms with Gasteiger partial charge in [0.25, 0.3) is 5.91 Å². The summed E-state index contributed by atoms with van der Waals surface area (Å²) >= 11 is 0. The van der Waals surface area contributed by atoms with E-state index in [1.807, 2.05) is 68.4 Å². The molecular formula is C22H22N2O2. The molecule has 0 saturated heterocycles. The Morgan fingerprint density at radius 3 is 2.62 bits per heavy atom. The largest absolute Gasteiger partial charge is 0.387 e. The fourth-order valence-electron chi connectivity index (χ4n) is 2.96. The van der Waals surface area contributed by atoms with Gasteiger partial charge in [-0.2, -0.15) is 0 Å². The third-order valence-corrected chi connectivity index (χ3v) is 4.40. The number of carbonyl (C=O) groups excluding carboxylic acids is 1. The van der Waals surface area contributed by atoms with Crippen LogP contribution in [0, 0.1) is 13.8 Å². The van der Waals surface area contributed by atoms with Crippen LogP contribution in [0.4, 0.5) is 0 Å². The van der Waals surface area contributed by atoms with Gasteiger partial charge in [-0.1, -0.05) is 48.0 Å². The number of benzene rings is 2. The predicted octanol–water partition coefficient (Wildman–Crippen LogP) is 3.83. The van der Waals surface area contributed by atoms with Crippen LogP contribution >= 0.6 is 0 Å². The summed E-state index contributed by atoms with van der Waals surface area (Å²) in [4.78, 5) is 17.0. The summed E-state index contributed by atoms with van der Waals surface area (Å²) in [5.41, 5.74) is 5.09. The minimum atomic E-state index is -0.738. The van der Waals surface area contributed by atoms with Crippen molar-refractivity contribution in [3.8, 4) is 11.3 Å². The van der Waals surface area contributed by atoms with E-state index in [1.54, 1.807) is 12.3 Å². The van der Waals surface area contributed by atoms with Crippen LogP contribution in [0.5, 0.6) is 0 Å². The molecule has 2 N–H and O–H groups in total. The zero-order valence-corrected chi connectivity index (χ0v) is 14.9. The highest BCUT2D eigenvalue weighted by Gasteiger charge is 2.15. The van der Waals surface area contributed by atoms with Gasteiger partial charge in [0.15, 0.2) is 0 Å². The van der Waals surface area contributed by atoms with E-state index in [-0.39, 0.29) is 12.5 Å². The Bertz CT molecular complexity index is 907. The average Bonchev–Trinajstić information content (AvgIpc) is 2.66. The number of aliphatic hydroxyl groups is 1. The fraction of sp³-hybridized carbons (Fsp3) is 0.182. The Labute approximate surface area is 153 Å². The molecule has 4 heteroatoms. The Kier molecular flexibility index (Phi) is 5.44. The molecule has 1 heterocycles. The van der Waals surface area contributed by atoms with Gasteiger partial charge in [0.05, 0.1) is 11.8 Å². The van der Waals surface area contributed by atoms with Gasteiger partial charge in [-0.25, -0.2) is 0 Å². The van der Waals surface area contributed by atoms with Crippen molar-refractivity contribution in [3.63, 3.8) is 0 Å². The van der Waals surface area contributed by atoms with Crippen LogP contribution in [0.15, 0.2) is 66.9 Å². The maximum absolute atomic E-state index is 12.6. The number of nitrogens with zero attached hydrogens (tertiary/aromatic N) is 1. The Balaban J connectivity index is 1.74. The molecular weight excluding hydrogens is 324 g/mol. The Hall–Kier alpha value is -2.98. The molecule has 0 spiro atoms. The molecule has 0 fully saturated rings. The van der Waals surface area contributed by atoms with Crippen LogP contribution < -0.4 is 5.32 Å². The van der Waals surface area contributed by atoms with Crippen molar-refractivity contribution < 1.29 is 9.90 Å². The summed E-state index contributed by atoms with van der Waals surface area (Å²) in [5.74, 6) is -0.202. The number of carbonyl (C=O) groups is 1. The van der Waals surface area contributed by atoms with E-state index in [0.717, 1.165) is 27.9 Å². The SMILES string of the molecule is Cc1cccc(C(O)CNC(=O)c2cccc(-c3ccccn3)c2C)c1. The number of aliphatic hydroxyl groups excluding tert-OH is 1. The van der Waals surface area contributed by atoms with Crippen LogP contribution in [-0.4, -0.2) is 22.5 Å². The van der Waals surface area contributed by atoms with Crippen LogP contribution in [0.1, 0.15) is 33.2 Å². The molecule has 3 aromatic rings. The lowest BCUT2D eigenvalue weighted by Gasteiger charge is -2.15. The minimum Gasteiger partial charge on any atom is -0.387 e. The van der Waals surface area contributed by atoms with Crippen molar-refractivity contribution >= 4 is 5.91 Å². The fourth-order valence-corrected chi connectivity index (χ4v) is 2.96. The molecule has 1 atom stereocenters. The lowest BCUT2D eigenvalue weighted by molar-refractivity contribution is 0.0915. The number of nitrogens with one attached hydrogen (secondary N) is 1. The molecule has 0 aliphatic rings. The molecule has 3 rings (SSSR count). The van der Waals surface area contributed by atoms with Gasteiger partial charge < -0.3 is 10.4 Å². The Morgan fingerprint density at radius 2 is 1.88 bits per heavy atom. The number of aryl methyl sites for hydroxylation is 1. The molecule has 0 aliphatic heterocycles. The molecule has 0 saturated carbocycles. The van der Waals surface area contributed by atoms with E-state index in [2.05, 4.69) is 10.3 Å². The second-order valence-corrected chi connectivity index (χ2v) is 6.33. The van der Waals surface area contributed by atoms with Crippen molar-refractivity contribution in [1.82, 2.24) is 10.3 Å². The van der Waals surface area contributed by atoms with Crippen LogP contribution in [0.2, 0.25) is 0 Å². The summed E-state index contributed by atoms with van der Waals surface area (Å²) in [6, 6.07) is 19.0. The normalized spacial score (nSPS) is 11.8. The van der Waals surface area contributed by atoms with Crippen molar-refractivity contribution in [2.45, 2.75) is 20.0 Å². The number of amides is 1. The number of hydrogen-bond acceptors (Lipinski definition) is 3. The molecule has 0 bridgehead atoms. The highest BCUT2D eigenvalue weighted by atomic mass is 16.3. The number of hydrogen-bond donors (Lipinski definition) is 2. The van der Waals surface area contributed by atoms with E-state index in [4.69, 9.17) is 0 Å². The van der Waals surface area contributed by atoms with Gasteiger partial charge in [-0.05, 0) is 43.2 Å². The molecule has 26 heavy (non-hydrogen) atoms. The highest BCUT2D eigenvalue weighted by molar-refractivity contribution is 5.97. The first-order valence-corrected chi connectivity index (χ1v) is 8.60. The van der Waals surface area contributed by atoms with Gasteiger partial charge in [-0.3, -0.25) is 9.78 Å². The van der Waals surface area contributed by atoms with Crippen molar-refractivity contribution in [3.05, 3.63) is 89.1 Å². The molecule has 0 radical (unpaired) electrons. The van der Waals surface area contributed by atoms with Gasteiger partial charge in [0.1, 0.15) is 0 Å². The average molecular weight is 346 g/mol. The minimum absolute atomic E-state index is 0.162. The first-order valence-electron chi connectivity index (χ1n) is 8.60. The maximum atomic E-state index is 12.6. The molecule has 1 aromatic heterocycles. The third kappa shape index (κ3) is 3.98. The summed E-state index contributed by atoms with van der Waals surface area (Å²) < 4.78 is 0. The molecule has 0 aliphatic carbocycles. The molecule has 1 unspecified atom stereocenters. The summed E-state index contributed by atoms with van der Waals surface area (Å²) in [6.07, 6.45) is 0.998. The van der Waals surface area contributed by atoms with E-state index >= 15 is 0 Å². The van der Waals surface area contributed by atoms with E-state index < -0.39 is 6.10 Å². The third-order valence-electron chi connectivity index (χ3n) is 4.40. The summed E-state index contributed by atoms with van der Waals surface area (Å²) in [5, 5.41) is 13.1. The first-order chi connectivity index (χ1) is 12.6. The van der Waals surface area contributed by atoms with E-state index in [0.29, 0.717) is 5.56 Å². The van der Waals surface area contributed by atoms with E-state index in [1.165, 1.54) is 0 Å².